The number of anilines is 3. The van der Waals surface area contributed by atoms with Crippen molar-refractivity contribution in [2.75, 3.05) is 12.0 Å². The maximum absolute atomic E-state index is 13.4. The number of fused-ring (bicyclic) bond motifs is 1. The molecule has 1 heterocycles. The predicted molar refractivity (Wildman–Crippen MR) is 203 cm³/mol. The molecule has 0 amide bonds. The maximum atomic E-state index is 13.4. The van der Waals surface area contributed by atoms with E-state index in [0.717, 1.165) is 46.2 Å². The van der Waals surface area contributed by atoms with Crippen LogP contribution < -0.4 is 4.90 Å². The Bertz CT molecular complexity index is 1960. The molecule has 0 aliphatic carbocycles. The third-order valence-electron chi connectivity index (χ3n) is 8.46. The molecule has 9 heteroatoms. The fourth-order valence-electron chi connectivity index (χ4n) is 5.48. The van der Waals surface area contributed by atoms with E-state index in [4.69, 9.17) is 4.84 Å². The highest BCUT2D eigenvalue weighted by Gasteiger charge is 2.21. The number of aromatic nitrogens is 2. The molecule has 5 rings (SSSR count). The number of carbonyl (C=O) groups is 3. The molecule has 264 valence electrons. The average Bonchev–Trinajstić information content (AvgIpc) is 3.17. The molecule has 0 bridgehead atoms. The van der Waals surface area contributed by atoms with Crippen molar-refractivity contribution in [1.29, 1.82) is 0 Å². The van der Waals surface area contributed by atoms with Crippen molar-refractivity contribution in [3.63, 3.8) is 0 Å². The van der Waals surface area contributed by atoms with E-state index < -0.39 is 0 Å². The smallest absolute Gasteiger partial charge is 0.335 e. The summed E-state index contributed by atoms with van der Waals surface area (Å²) >= 11 is 0. The lowest BCUT2D eigenvalue weighted by Gasteiger charge is -2.30. The molecule has 0 saturated carbocycles. The van der Waals surface area contributed by atoms with E-state index >= 15 is 0 Å². The number of carbonyl (C=O) groups excluding carboxylic acids is 3. The Morgan fingerprint density at radius 2 is 1.49 bits per heavy atom. The summed E-state index contributed by atoms with van der Waals surface area (Å²) in [6, 6.07) is 30.1. The zero-order chi connectivity index (χ0) is 36.8. The van der Waals surface area contributed by atoms with Gasteiger partial charge in [-0.25, -0.2) is 14.8 Å². The number of esters is 1. The summed E-state index contributed by atoms with van der Waals surface area (Å²) in [6.45, 7) is 10.1. The van der Waals surface area contributed by atoms with Crippen LogP contribution in [0.15, 0.2) is 109 Å². The van der Waals surface area contributed by atoms with E-state index in [1.165, 1.54) is 19.0 Å². The van der Waals surface area contributed by atoms with E-state index in [-0.39, 0.29) is 17.7 Å². The Balaban J connectivity index is 0.000000755. The van der Waals surface area contributed by atoms with Gasteiger partial charge < -0.3 is 14.5 Å². The lowest BCUT2D eigenvalue weighted by molar-refractivity contribution is -0.143. The van der Waals surface area contributed by atoms with Gasteiger partial charge in [0, 0.05) is 41.4 Å². The van der Waals surface area contributed by atoms with Crippen LogP contribution in [0.2, 0.25) is 0 Å². The van der Waals surface area contributed by atoms with Crippen LogP contribution in [0.5, 0.6) is 0 Å². The van der Waals surface area contributed by atoms with Gasteiger partial charge in [0.15, 0.2) is 0 Å². The Hall–Kier alpha value is -5.70. The molecule has 0 saturated heterocycles. The summed E-state index contributed by atoms with van der Waals surface area (Å²) in [5, 5.41) is 6.01. The highest BCUT2D eigenvalue weighted by atomic mass is 16.7. The van der Waals surface area contributed by atoms with Crippen molar-refractivity contribution in [1.82, 2.24) is 9.97 Å². The number of para-hydroxylation sites is 1. The van der Waals surface area contributed by atoms with Gasteiger partial charge in [-0.05, 0) is 85.0 Å². The molecule has 5 aromatic rings. The Morgan fingerprint density at radius 1 is 0.804 bits per heavy atom. The standard InChI is InChI=1S/C37H36N4O3.C5H10O2/c1-5-10-36(42)44-40-26(4)27-17-19-30(20-18-27)41(34-13-8-7-12-31(34)25(3)6-2)35-14-9-11-28-15-16-29(23-32(28)35)37(43)33-21-22-38-24-39-33;1-3-4-5(6)7-2/h7-9,11-25H,5-6,10H2,1-4H3;3-4H2,1-2H3/b40-26-;. The molecular weight excluding hydrogens is 640 g/mol. The topological polar surface area (TPSA) is 111 Å². The first-order valence-electron chi connectivity index (χ1n) is 17.4. The number of oxime groups is 1. The number of nitrogens with zero attached hydrogens (tertiary/aromatic N) is 4. The van der Waals surface area contributed by atoms with Gasteiger partial charge in [-0.15, -0.1) is 0 Å². The van der Waals surface area contributed by atoms with Crippen molar-refractivity contribution in [3.05, 3.63) is 126 Å². The van der Waals surface area contributed by atoms with E-state index in [9.17, 15) is 14.4 Å². The Morgan fingerprint density at radius 3 is 2.14 bits per heavy atom. The minimum Gasteiger partial charge on any atom is -0.469 e. The van der Waals surface area contributed by atoms with Crippen molar-refractivity contribution >= 4 is 51.3 Å². The minimum absolute atomic E-state index is 0.123. The van der Waals surface area contributed by atoms with E-state index in [1.54, 1.807) is 12.3 Å². The number of methoxy groups -OCH3 is 1. The fraction of sp³-hybridized carbons (Fsp3) is 0.286. The minimum atomic E-state index is -0.343. The molecule has 9 nitrogen and oxygen atoms in total. The number of hydrogen-bond acceptors (Lipinski definition) is 9. The summed E-state index contributed by atoms with van der Waals surface area (Å²) < 4.78 is 4.35. The highest BCUT2D eigenvalue weighted by molar-refractivity contribution is 6.11. The molecule has 0 aliphatic heterocycles. The lowest BCUT2D eigenvalue weighted by Crippen LogP contribution is -2.14. The Labute approximate surface area is 300 Å². The summed E-state index contributed by atoms with van der Waals surface area (Å²) in [4.78, 5) is 50.9. The molecule has 1 aromatic heterocycles. The molecule has 0 N–H and O–H groups in total. The molecule has 51 heavy (non-hydrogen) atoms. The second-order valence-corrected chi connectivity index (χ2v) is 12.1. The number of benzene rings is 4. The van der Waals surface area contributed by atoms with Crippen LogP contribution in [0.4, 0.5) is 17.1 Å². The van der Waals surface area contributed by atoms with Crippen LogP contribution in [-0.2, 0) is 19.2 Å². The summed E-state index contributed by atoms with van der Waals surface area (Å²) in [5.41, 5.74) is 6.55. The van der Waals surface area contributed by atoms with E-state index in [0.29, 0.717) is 42.1 Å². The summed E-state index contributed by atoms with van der Waals surface area (Å²) in [6.07, 6.45) is 6.40. The molecule has 1 unspecified atom stereocenters. The summed E-state index contributed by atoms with van der Waals surface area (Å²) in [7, 11) is 1.40. The van der Waals surface area contributed by atoms with Crippen LogP contribution >= 0.6 is 0 Å². The molecule has 4 aromatic carbocycles. The highest BCUT2D eigenvalue weighted by Crippen LogP contribution is 2.42. The number of hydrogen-bond donors (Lipinski definition) is 0. The monoisotopic (exact) mass is 686 g/mol. The maximum Gasteiger partial charge on any atom is 0.335 e. The normalized spacial score (nSPS) is 11.6. The van der Waals surface area contributed by atoms with Gasteiger partial charge in [-0.2, -0.15) is 0 Å². The van der Waals surface area contributed by atoms with Crippen molar-refractivity contribution < 1.29 is 24.0 Å². The summed E-state index contributed by atoms with van der Waals surface area (Å²) in [5.74, 6) is -0.299. The molecular formula is C42H46N4O5. The first-order valence-corrected chi connectivity index (χ1v) is 17.4. The van der Waals surface area contributed by atoms with E-state index in [1.807, 2.05) is 69.3 Å². The van der Waals surface area contributed by atoms with Gasteiger partial charge in [0.05, 0.1) is 18.5 Å². The van der Waals surface area contributed by atoms with Crippen molar-refractivity contribution in [3.8, 4) is 0 Å². The zero-order valence-electron chi connectivity index (χ0n) is 30.3. The third-order valence-corrected chi connectivity index (χ3v) is 8.46. The number of rotatable bonds is 13. The largest absolute Gasteiger partial charge is 0.469 e. The predicted octanol–water partition coefficient (Wildman–Crippen LogP) is 9.87. The van der Waals surface area contributed by atoms with Crippen molar-refractivity contribution in [2.24, 2.45) is 5.16 Å². The average molecular weight is 687 g/mol. The van der Waals surface area contributed by atoms with Crippen LogP contribution in [0.1, 0.15) is 99.8 Å². The fourth-order valence-corrected chi connectivity index (χ4v) is 5.48. The lowest BCUT2D eigenvalue weighted by atomic mass is 9.95. The van der Waals surface area contributed by atoms with Crippen LogP contribution in [0.25, 0.3) is 10.8 Å². The third kappa shape index (κ3) is 9.94. The van der Waals surface area contributed by atoms with Gasteiger partial charge in [0.2, 0.25) is 5.78 Å². The van der Waals surface area contributed by atoms with E-state index in [2.05, 4.69) is 75.0 Å². The van der Waals surface area contributed by atoms with Gasteiger partial charge in [-0.3, -0.25) is 9.59 Å². The van der Waals surface area contributed by atoms with Gasteiger partial charge in [0.25, 0.3) is 0 Å². The Kier molecular flexibility index (Phi) is 14.1. The first kappa shape index (κ1) is 38.1. The van der Waals surface area contributed by atoms with Gasteiger partial charge in [0.1, 0.15) is 12.0 Å². The second-order valence-electron chi connectivity index (χ2n) is 12.1. The van der Waals surface area contributed by atoms with Gasteiger partial charge in [-0.1, -0.05) is 87.4 Å². The number of ether oxygens (including phenoxy) is 1. The van der Waals surface area contributed by atoms with Crippen LogP contribution in [0, 0.1) is 0 Å². The zero-order valence-corrected chi connectivity index (χ0v) is 30.3. The quantitative estimate of drug-likeness (QED) is 0.0396. The SMILES string of the molecule is CCCC(=O)O/N=C(/C)c1ccc(N(c2ccccc2C(C)CC)c2cccc3ccc(C(=O)c4ccncn4)cc23)cc1.CCCC(=O)OC. The molecule has 0 radical (unpaired) electrons. The number of ketones is 1. The van der Waals surface area contributed by atoms with Crippen molar-refractivity contribution in [2.45, 2.75) is 72.6 Å². The van der Waals surface area contributed by atoms with Crippen LogP contribution in [-0.4, -0.2) is 40.5 Å². The van der Waals surface area contributed by atoms with Gasteiger partial charge >= 0.3 is 11.9 Å². The first-order chi connectivity index (χ1) is 24.7. The molecule has 0 fully saturated rings. The molecule has 0 spiro atoms. The molecule has 0 aliphatic rings. The molecule has 1 atom stereocenters. The van der Waals surface area contributed by atoms with Crippen LogP contribution in [0.3, 0.4) is 0 Å². The second kappa shape index (κ2) is 18.9.